The van der Waals surface area contributed by atoms with Gasteiger partial charge in [0.05, 0.1) is 0 Å². The summed E-state index contributed by atoms with van der Waals surface area (Å²) in [6.07, 6.45) is 1.11. The molecule has 2 rings (SSSR count). The molecule has 0 spiro atoms. The molecule has 1 atom stereocenters. The molecule has 1 heterocycles. The lowest BCUT2D eigenvalue weighted by molar-refractivity contribution is 0.0898. The highest BCUT2D eigenvalue weighted by molar-refractivity contribution is 5.85. The number of halogens is 1. The average Bonchev–Trinajstić information content (AvgIpc) is 2.21. The number of nitrogens with two attached hydrogens (primary N) is 1. The summed E-state index contributed by atoms with van der Waals surface area (Å²) in [7, 11) is 0. The molecule has 3 heteroatoms. The van der Waals surface area contributed by atoms with E-state index in [1.54, 1.807) is 0 Å². The molecule has 0 amide bonds. The standard InChI is InChI=1S/C16H26N2.ClH/c1-12-7-13(2)9-14(8-12)10-18-6-5-15(17)16(3,4)11-18;/h7-9,15H,5-6,10-11,17H2,1-4H3;1H. The van der Waals surface area contributed by atoms with Crippen LogP contribution < -0.4 is 5.73 Å². The van der Waals surface area contributed by atoms with Crippen LogP contribution in [0.2, 0.25) is 0 Å². The van der Waals surface area contributed by atoms with Gasteiger partial charge in [0.2, 0.25) is 0 Å². The number of nitrogens with zero attached hydrogens (tertiary/aromatic N) is 1. The van der Waals surface area contributed by atoms with Crippen molar-refractivity contribution in [1.29, 1.82) is 0 Å². The van der Waals surface area contributed by atoms with E-state index in [2.05, 4.69) is 50.8 Å². The van der Waals surface area contributed by atoms with Crippen molar-refractivity contribution in [2.75, 3.05) is 13.1 Å². The van der Waals surface area contributed by atoms with Crippen molar-refractivity contribution in [2.45, 2.75) is 46.7 Å². The van der Waals surface area contributed by atoms with Crippen LogP contribution in [0.4, 0.5) is 0 Å². The lowest BCUT2D eigenvalue weighted by Crippen LogP contribution is -2.52. The van der Waals surface area contributed by atoms with E-state index in [9.17, 15) is 0 Å². The Morgan fingerprint density at radius 2 is 1.79 bits per heavy atom. The highest BCUT2D eigenvalue weighted by atomic mass is 35.5. The maximum Gasteiger partial charge on any atom is 0.0234 e. The zero-order valence-electron chi connectivity index (χ0n) is 12.6. The van der Waals surface area contributed by atoms with Crippen LogP contribution in [-0.2, 0) is 6.54 Å². The maximum atomic E-state index is 6.19. The first-order chi connectivity index (χ1) is 8.37. The monoisotopic (exact) mass is 282 g/mol. The summed E-state index contributed by atoms with van der Waals surface area (Å²) in [6, 6.07) is 7.18. The van der Waals surface area contributed by atoms with Crippen molar-refractivity contribution in [3.05, 3.63) is 34.9 Å². The Kier molecular flexibility index (Phi) is 5.43. The van der Waals surface area contributed by atoms with Crippen molar-refractivity contribution >= 4 is 12.4 Å². The van der Waals surface area contributed by atoms with Crippen LogP contribution in [0.25, 0.3) is 0 Å². The van der Waals surface area contributed by atoms with Gasteiger partial charge in [0.1, 0.15) is 0 Å². The minimum absolute atomic E-state index is 0. The summed E-state index contributed by atoms with van der Waals surface area (Å²) in [6.45, 7) is 12.2. The molecular formula is C16H27ClN2. The van der Waals surface area contributed by atoms with Crippen molar-refractivity contribution in [3.8, 4) is 0 Å². The lowest BCUT2D eigenvalue weighted by Gasteiger charge is -2.42. The van der Waals surface area contributed by atoms with E-state index in [-0.39, 0.29) is 17.8 Å². The fraction of sp³-hybridized carbons (Fsp3) is 0.625. The summed E-state index contributed by atoms with van der Waals surface area (Å²) in [5, 5.41) is 0. The first-order valence-electron chi connectivity index (χ1n) is 6.92. The van der Waals surface area contributed by atoms with Gasteiger partial charge < -0.3 is 5.73 Å². The topological polar surface area (TPSA) is 29.3 Å². The first kappa shape index (κ1) is 16.5. The van der Waals surface area contributed by atoms with Crippen molar-refractivity contribution in [1.82, 2.24) is 4.90 Å². The molecular weight excluding hydrogens is 256 g/mol. The Bertz CT molecular complexity index is 409. The molecule has 1 saturated heterocycles. The van der Waals surface area contributed by atoms with Gasteiger partial charge in [-0.05, 0) is 31.2 Å². The Morgan fingerprint density at radius 1 is 1.21 bits per heavy atom. The Hall–Kier alpha value is -0.570. The maximum absolute atomic E-state index is 6.19. The van der Waals surface area contributed by atoms with Crippen molar-refractivity contribution in [3.63, 3.8) is 0 Å². The number of rotatable bonds is 2. The first-order valence-corrected chi connectivity index (χ1v) is 6.92. The zero-order chi connectivity index (χ0) is 13.3. The smallest absolute Gasteiger partial charge is 0.0234 e. The van der Waals surface area contributed by atoms with Gasteiger partial charge in [0.25, 0.3) is 0 Å². The van der Waals surface area contributed by atoms with Crippen LogP contribution in [0.1, 0.15) is 37.0 Å². The van der Waals surface area contributed by atoms with E-state index in [0.717, 1.165) is 26.1 Å². The minimum Gasteiger partial charge on any atom is -0.327 e. The molecule has 2 nitrogen and oxygen atoms in total. The zero-order valence-corrected chi connectivity index (χ0v) is 13.4. The summed E-state index contributed by atoms with van der Waals surface area (Å²) < 4.78 is 0. The fourth-order valence-electron chi connectivity index (χ4n) is 3.04. The molecule has 1 aliphatic rings. The summed E-state index contributed by atoms with van der Waals surface area (Å²) in [5.74, 6) is 0. The minimum atomic E-state index is 0. The molecule has 1 aliphatic heterocycles. The van der Waals surface area contributed by atoms with Crippen LogP contribution in [0.5, 0.6) is 0 Å². The van der Waals surface area contributed by atoms with Crippen molar-refractivity contribution in [2.24, 2.45) is 11.1 Å². The quantitative estimate of drug-likeness (QED) is 0.902. The second kappa shape index (κ2) is 6.25. The number of hydrogen-bond donors (Lipinski definition) is 1. The van der Waals surface area contributed by atoms with E-state index in [1.165, 1.54) is 16.7 Å². The van der Waals surface area contributed by atoms with E-state index in [0.29, 0.717) is 6.04 Å². The molecule has 0 aromatic heterocycles. The van der Waals surface area contributed by atoms with Gasteiger partial charge in [-0.2, -0.15) is 0 Å². The summed E-state index contributed by atoms with van der Waals surface area (Å²) in [5.41, 5.74) is 10.6. The van der Waals surface area contributed by atoms with Crippen LogP contribution in [0.3, 0.4) is 0 Å². The van der Waals surface area contributed by atoms with Gasteiger partial charge >= 0.3 is 0 Å². The number of piperidine rings is 1. The predicted octanol–water partition coefficient (Wildman–Crippen LogP) is 3.28. The third kappa shape index (κ3) is 4.20. The predicted molar refractivity (Wildman–Crippen MR) is 84.8 cm³/mol. The molecule has 1 aromatic rings. The van der Waals surface area contributed by atoms with Gasteiger partial charge in [-0.15, -0.1) is 12.4 Å². The Morgan fingerprint density at radius 3 is 2.32 bits per heavy atom. The van der Waals surface area contributed by atoms with E-state index >= 15 is 0 Å². The third-order valence-electron chi connectivity index (χ3n) is 4.08. The van der Waals surface area contributed by atoms with Crippen LogP contribution in [0.15, 0.2) is 18.2 Å². The van der Waals surface area contributed by atoms with E-state index < -0.39 is 0 Å². The molecule has 1 aromatic carbocycles. The largest absolute Gasteiger partial charge is 0.327 e. The van der Waals surface area contributed by atoms with Gasteiger partial charge in [0.15, 0.2) is 0 Å². The fourth-order valence-corrected chi connectivity index (χ4v) is 3.04. The second-order valence-corrected chi connectivity index (χ2v) is 6.59. The van der Waals surface area contributed by atoms with Gasteiger partial charge in [-0.25, -0.2) is 0 Å². The molecule has 0 radical (unpaired) electrons. The number of hydrogen-bond acceptors (Lipinski definition) is 2. The molecule has 1 unspecified atom stereocenters. The molecule has 1 fully saturated rings. The SMILES string of the molecule is Cc1cc(C)cc(CN2CCC(N)C(C)(C)C2)c1.Cl. The highest BCUT2D eigenvalue weighted by Gasteiger charge is 2.33. The molecule has 0 saturated carbocycles. The van der Waals surface area contributed by atoms with E-state index in [1.807, 2.05) is 0 Å². The third-order valence-corrected chi connectivity index (χ3v) is 4.08. The molecule has 2 N–H and O–H groups in total. The molecule has 19 heavy (non-hydrogen) atoms. The molecule has 0 bridgehead atoms. The summed E-state index contributed by atoms with van der Waals surface area (Å²) >= 11 is 0. The normalized spacial score (nSPS) is 22.9. The number of benzene rings is 1. The molecule has 0 aliphatic carbocycles. The lowest BCUT2D eigenvalue weighted by atomic mass is 9.79. The van der Waals surface area contributed by atoms with Crippen LogP contribution >= 0.6 is 12.4 Å². The van der Waals surface area contributed by atoms with Gasteiger partial charge in [0, 0.05) is 25.7 Å². The van der Waals surface area contributed by atoms with E-state index in [4.69, 9.17) is 5.73 Å². The Labute approximate surface area is 123 Å². The highest BCUT2D eigenvalue weighted by Crippen LogP contribution is 2.28. The summed E-state index contributed by atoms with van der Waals surface area (Å²) in [4.78, 5) is 2.54. The second-order valence-electron chi connectivity index (χ2n) is 6.59. The molecule has 108 valence electrons. The van der Waals surface area contributed by atoms with Crippen LogP contribution in [-0.4, -0.2) is 24.0 Å². The average molecular weight is 283 g/mol. The van der Waals surface area contributed by atoms with Gasteiger partial charge in [-0.3, -0.25) is 4.90 Å². The van der Waals surface area contributed by atoms with Crippen molar-refractivity contribution < 1.29 is 0 Å². The number of likely N-dealkylation sites (tertiary alicyclic amines) is 1. The number of aryl methyl sites for hydroxylation is 2. The Balaban J connectivity index is 0.00000180. The van der Waals surface area contributed by atoms with Gasteiger partial charge in [-0.1, -0.05) is 43.2 Å². The van der Waals surface area contributed by atoms with Crippen LogP contribution in [0, 0.1) is 19.3 Å².